The van der Waals surface area contributed by atoms with Crippen LogP contribution < -0.4 is 5.32 Å². The smallest absolute Gasteiger partial charge is 0.234 e. The summed E-state index contributed by atoms with van der Waals surface area (Å²) in [4.78, 5) is 16.7. The van der Waals surface area contributed by atoms with Gasteiger partial charge in [-0.05, 0) is 36.8 Å². The Morgan fingerprint density at radius 2 is 2.03 bits per heavy atom. The average Bonchev–Trinajstić information content (AvgIpc) is 3.28. The minimum absolute atomic E-state index is 0.125. The van der Waals surface area contributed by atoms with Gasteiger partial charge >= 0.3 is 0 Å². The number of thioether (sulfide) groups is 1. The summed E-state index contributed by atoms with van der Waals surface area (Å²) >= 11 is 7.44. The van der Waals surface area contributed by atoms with Crippen LogP contribution in [0.4, 0.5) is 5.69 Å². The summed E-state index contributed by atoms with van der Waals surface area (Å²) in [5, 5.41) is 12.7. The summed E-state index contributed by atoms with van der Waals surface area (Å²) < 4.78 is 3.93. The summed E-state index contributed by atoms with van der Waals surface area (Å²) in [5.41, 5.74) is 3.63. The molecule has 0 aliphatic rings. The maximum absolute atomic E-state index is 12.3. The third-order valence-electron chi connectivity index (χ3n) is 4.55. The molecule has 4 rings (SSSR count). The number of carbonyl (C=O) groups excluding carboxylic acids is 1. The zero-order valence-electron chi connectivity index (χ0n) is 16.0. The third kappa shape index (κ3) is 4.28. The number of fused-ring (bicyclic) bond motifs is 1. The van der Waals surface area contributed by atoms with Gasteiger partial charge in [0, 0.05) is 17.8 Å². The first-order chi connectivity index (χ1) is 14.0. The van der Waals surface area contributed by atoms with Crippen molar-refractivity contribution in [2.45, 2.75) is 18.6 Å². The minimum atomic E-state index is -0.125. The maximum atomic E-state index is 12.3. The Morgan fingerprint density at radius 3 is 2.86 bits per heavy atom. The van der Waals surface area contributed by atoms with Gasteiger partial charge in [0.05, 0.1) is 29.7 Å². The van der Waals surface area contributed by atoms with Crippen LogP contribution in [0.25, 0.3) is 11.0 Å². The summed E-state index contributed by atoms with van der Waals surface area (Å²) in [6.45, 7) is 2.47. The van der Waals surface area contributed by atoms with Gasteiger partial charge < -0.3 is 14.5 Å². The number of nitrogens with one attached hydrogen (secondary N) is 1. The fourth-order valence-corrected chi connectivity index (χ4v) is 3.81. The van der Waals surface area contributed by atoms with Gasteiger partial charge in [0.1, 0.15) is 0 Å². The van der Waals surface area contributed by atoms with Gasteiger partial charge in [0.15, 0.2) is 11.0 Å². The van der Waals surface area contributed by atoms with Crippen molar-refractivity contribution >= 4 is 46.0 Å². The number of anilines is 1. The zero-order valence-corrected chi connectivity index (χ0v) is 17.5. The number of para-hydroxylation sites is 2. The van der Waals surface area contributed by atoms with Crippen LogP contribution in [0.3, 0.4) is 0 Å². The topological polar surface area (TPSA) is 77.6 Å². The van der Waals surface area contributed by atoms with Crippen molar-refractivity contribution in [2.75, 3.05) is 11.1 Å². The summed E-state index contributed by atoms with van der Waals surface area (Å²) in [5.74, 6) is 0.896. The number of benzene rings is 2. The molecule has 1 N–H and O–H groups in total. The second kappa shape index (κ2) is 8.26. The molecule has 0 aliphatic carbocycles. The molecule has 1 amide bonds. The first kappa shape index (κ1) is 19.5. The van der Waals surface area contributed by atoms with Crippen molar-refractivity contribution in [1.82, 2.24) is 24.3 Å². The predicted octanol–water partition coefficient (Wildman–Crippen LogP) is 3.91. The Hall–Kier alpha value is -2.84. The normalized spacial score (nSPS) is 11.1. The number of aromatic nitrogens is 5. The van der Waals surface area contributed by atoms with Gasteiger partial charge in [-0.15, -0.1) is 10.2 Å². The lowest BCUT2D eigenvalue weighted by atomic mass is 10.2. The number of aryl methyl sites for hydroxylation is 1. The molecule has 0 unspecified atom stereocenters. The van der Waals surface area contributed by atoms with Crippen LogP contribution in [-0.4, -0.2) is 36.0 Å². The van der Waals surface area contributed by atoms with Gasteiger partial charge in [0.2, 0.25) is 5.91 Å². The number of halogens is 1. The van der Waals surface area contributed by atoms with Gasteiger partial charge in [0.25, 0.3) is 0 Å². The molecule has 2 aromatic heterocycles. The Morgan fingerprint density at radius 1 is 1.21 bits per heavy atom. The molecule has 7 nitrogen and oxygen atoms in total. The summed E-state index contributed by atoms with van der Waals surface area (Å²) in [7, 11) is 1.90. The van der Waals surface area contributed by atoms with Crippen LogP contribution in [-0.2, 0) is 18.4 Å². The Kier molecular flexibility index (Phi) is 5.55. The lowest BCUT2D eigenvalue weighted by Gasteiger charge is -2.07. The van der Waals surface area contributed by atoms with Crippen molar-refractivity contribution in [1.29, 1.82) is 0 Å². The average molecular weight is 427 g/mol. The van der Waals surface area contributed by atoms with E-state index in [2.05, 4.69) is 20.5 Å². The predicted molar refractivity (Wildman–Crippen MR) is 115 cm³/mol. The first-order valence-electron chi connectivity index (χ1n) is 8.98. The van der Waals surface area contributed by atoms with E-state index in [-0.39, 0.29) is 11.7 Å². The highest BCUT2D eigenvalue weighted by atomic mass is 35.5. The molecule has 9 heteroatoms. The molecule has 29 heavy (non-hydrogen) atoms. The fraction of sp³-hybridized carbons (Fsp3) is 0.200. The van der Waals surface area contributed by atoms with E-state index in [9.17, 15) is 4.79 Å². The van der Waals surface area contributed by atoms with E-state index in [1.54, 1.807) is 12.4 Å². The molecule has 0 bridgehead atoms. The number of rotatable bonds is 6. The van der Waals surface area contributed by atoms with Crippen molar-refractivity contribution in [3.63, 3.8) is 0 Å². The SMILES string of the molecule is Cc1ccc(NC(=O)CSc2nnc(Cn3cnc4ccccc43)n2C)cc1Cl. The Bertz CT molecular complexity index is 1180. The van der Waals surface area contributed by atoms with Gasteiger partial charge in [-0.3, -0.25) is 4.79 Å². The van der Waals surface area contributed by atoms with Crippen LogP contribution in [0.1, 0.15) is 11.4 Å². The highest BCUT2D eigenvalue weighted by Gasteiger charge is 2.13. The third-order valence-corrected chi connectivity index (χ3v) is 5.98. The van der Waals surface area contributed by atoms with E-state index in [0.29, 0.717) is 22.4 Å². The molecule has 4 aromatic rings. The standard InChI is InChI=1S/C20H19ClN6OS/c1-13-7-8-14(9-15(13)21)23-19(28)11-29-20-25-24-18(26(20)2)10-27-12-22-16-5-3-4-6-17(16)27/h3-9,12H,10-11H2,1-2H3,(H,23,28). The maximum Gasteiger partial charge on any atom is 0.234 e. The first-order valence-corrected chi connectivity index (χ1v) is 10.3. The second-order valence-corrected chi connectivity index (χ2v) is 7.97. The molecular weight excluding hydrogens is 408 g/mol. The molecule has 148 valence electrons. The van der Waals surface area contributed by atoms with Crippen molar-refractivity contribution in [2.24, 2.45) is 7.05 Å². The van der Waals surface area contributed by atoms with E-state index >= 15 is 0 Å². The molecule has 0 aliphatic heterocycles. The van der Waals surface area contributed by atoms with E-state index < -0.39 is 0 Å². The lowest BCUT2D eigenvalue weighted by Crippen LogP contribution is -2.14. The molecule has 0 radical (unpaired) electrons. The van der Waals surface area contributed by atoms with Gasteiger partial charge in [-0.2, -0.15) is 0 Å². The zero-order chi connectivity index (χ0) is 20.4. The molecule has 0 atom stereocenters. The molecule has 2 heterocycles. The number of amides is 1. The van der Waals surface area contributed by atoms with Gasteiger partial charge in [-0.1, -0.05) is 41.6 Å². The van der Waals surface area contributed by atoms with Crippen molar-refractivity contribution < 1.29 is 4.79 Å². The number of hydrogen-bond donors (Lipinski definition) is 1. The molecule has 0 spiro atoms. The molecule has 2 aromatic carbocycles. The molecular formula is C20H19ClN6OS. The van der Waals surface area contributed by atoms with Crippen LogP contribution >= 0.6 is 23.4 Å². The highest BCUT2D eigenvalue weighted by Crippen LogP contribution is 2.21. The lowest BCUT2D eigenvalue weighted by molar-refractivity contribution is -0.113. The van der Waals surface area contributed by atoms with E-state index in [1.807, 2.05) is 59.5 Å². The van der Waals surface area contributed by atoms with Crippen LogP contribution in [0, 0.1) is 6.92 Å². The quantitative estimate of drug-likeness (QED) is 0.473. The van der Waals surface area contributed by atoms with Crippen LogP contribution in [0.2, 0.25) is 5.02 Å². The largest absolute Gasteiger partial charge is 0.325 e. The molecule has 0 saturated carbocycles. The fourth-order valence-electron chi connectivity index (χ4n) is 2.89. The van der Waals surface area contributed by atoms with E-state index in [1.165, 1.54) is 11.8 Å². The Balaban J connectivity index is 1.39. The Labute approximate surface area is 177 Å². The van der Waals surface area contributed by atoms with E-state index in [0.717, 1.165) is 22.4 Å². The highest BCUT2D eigenvalue weighted by molar-refractivity contribution is 7.99. The van der Waals surface area contributed by atoms with E-state index in [4.69, 9.17) is 11.6 Å². The minimum Gasteiger partial charge on any atom is -0.325 e. The second-order valence-electron chi connectivity index (χ2n) is 6.62. The summed E-state index contributed by atoms with van der Waals surface area (Å²) in [6.07, 6.45) is 1.80. The number of hydrogen-bond acceptors (Lipinski definition) is 5. The monoisotopic (exact) mass is 426 g/mol. The van der Waals surface area contributed by atoms with Crippen molar-refractivity contribution in [3.8, 4) is 0 Å². The number of carbonyl (C=O) groups is 1. The number of nitrogens with zero attached hydrogens (tertiary/aromatic N) is 5. The van der Waals surface area contributed by atoms with Gasteiger partial charge in [-0.25, -0.2) is 4.98 Å². The van der Waals surface area contributed by atoms with Crippen LogP contribution in [0.5, 0.6) is 0 Å². The van der Waals surface area contributed by atoms with Crippen molar-refractivity contribution in [3.05, 3.63) is 65.2 Å². The molecule has 0 saturated heterocycles. The molecule has 0 fully saturated rings. The summed E-state index contributed by atoms with van der Waals surface area (Å²) in [6, 6.07) is 13.4. The number of imidazole rings is 1. The van der Waals surface area contributed by atoms with Crippen LogP contribution in [0.15, 0.2) is 53.9 Å².